The van der Waals surface area contributed by atoms with Crippen LogP contribution in [0.1, 0.15) is 14.3 Å². The average molecular weight is 313 g/mol. The molecule has 0 amide bonds. The summed E-state index contributed by atoms with van der Waals surface area (Å²) in [6, 6.07) is 0. The van der Waals surface area contributed by atoms with Gasteiger partial charge in [0.25, 0.3) is 0 Å². The quantitative estimate of drug-likeness (QED) is 0.228. The molecule has 0 aromatic carbocycles. The van der Waals surface area contributed by atoms with E-state index in [1.807, 2.05) is 0 Å². The zero-order chi connectivity index (χ0) is 13.3. The number of rotatable bonds is 4. The molecular formula is C7H18NNaO7P2. The zero-order valence-electron chi connectivity index (χ0n) is 11.1. The van der Waals surface area contributed by atoms with Crippen molar-refractivity contribution >= 4 is 15.2 Å². The minimum Gasteiger partial charge on any atom is -1.00 e. The second-order valence-corrected chi connectivity index (χ2v) is 7.80. The third kappa shape index (κ3) is 4.96. The molecule has 0 saturated carbocycles. The smallest absolute Gasteiger partial charge is 1.00 e. The standard InChI is InChI=1S/C7H17NO7P2.Na.H/c9-7(17(13,14)15,5-16(10,11)12)6-2-1-3-8-4-6;;/h6,8-9H,1-5H2,(H2,10,11,12)(H2,13,14,15);;/q;+1;-1. The van der Waals surface area contributed by atoms with Crippen LogP contribution in [0.4, 0.5) is 0 Å². The Morgan fingerprint density at radius 1 is 1.28 bits per heavy atom. The molecule has 104 valence electrons. The number of piperidine rings is 1. The van der Waals surface area contributed by atoms with E-state index in [9.17, 15) is 14.2 Å². The number of hydrogen-bond donors (Lipinski definition) is 6. The van der Waals surface area contributed by atoms with Gasteiger partial charge in [-0.15, -0.1) is 0 Å². The fraction of sp³-hybridized carbons (Fsp3) is 1.00. The molecule has 2 atom stereocenters. The predicted molar refractivity (Wildman–Crippen MR) is 60.6 cm³/mol. The van der Waals surface area contributed by atoms with Crippen molar-refractivity contribution in [2.75, 3.05) is 19.3 Å². The SMILES string of the molecule is O=P(O)(O)CC(O)(C1CCCNC1)P(=O)(O)O.[H-].[Na+]. The van der Waals surface area contributed by atoms with Crippen molar-refractivity contribution in [2.45, 2.75) is 18.2 Å². The van der Waals surface area contributed by atoms with E-state index in [2.05, 4.69) is 5.32 Å². The maximum absolute atomic E-state index is 11.3. The molecular weight excluding hydrogens is 295 g/mol. The van der Waals surface area contributed by atoms with Crippen LogP contribution in [0, 0.1) is 5.92 Å². The molecule has 18 heavy (non-hydrogen) atoms. The maximum atomic E-state index is 11.3. The van der Waals surface area contributed by atoms with Gasteiger partial charge in [-0.05, 0) is 19.4 Å². The van der Waals surface area contributed by atoms with Gasteiger partial charge >= 0.3 is 44.7 Å². The molecule has 1 aliphatic rings. The van der Waals surface area contributed by atoms with E-state index in [-0.39, 0.29) is 37.5 Å². The second kappa shape index (κ2) is 6.78. The summed E-state index contributed by atoms with van der Waals surface area (Å²) in [7, 11) is -9.75. The first-order chi connectivity index (χ1) is 7.56. The molecule has 1 fully saturated rings. The van der Waals surface area contributed by atoms with Gasteiger partial charge in [-0.1, -0.05) is 0 Å². The van der Waals surface area contributed by atoms with Crippen molar-refractivity contribution in [1.29, 1.82) is 0 Å². The van der Waals surface area contributed by atoms with Gasteiger partial charge in [0.1, 0.15) is 0 Å². The normalized spacial score (nSPS) is 25.1. The summed E-state index contributed by atoms with van der Waals surface area (Å²) in [5.41, 5.74) is 0. The van der Waals surface area contributed by atoms with Crippen molar-refractivity contribution in [2.24, 2.45) is 5.92 Å². The molecule has 0 aromatic heterocycles. The van der Waals surface area contributed by atoms with Crippen LogP contribution in [0.2, 0.25) is 0 Å². The molecule has 1 saturated heterocycles. The van der Waals surface area contributed by atoms with Crippen LogP contribution in [0.5, 0.6) is 0 Å². The van der Waals surface area contributed by atoms with Gasteiger partial charge in [0.2, 0.25) is 0 Å². The summed E-state index contributed by atoms with van der Waals surface area (Å²) < 4.78 is 22.2. The van der Waals surface area contributed by atoms with Gasteiger partial charge in [0.05, 0.1) is 6.16 Å². The minimum atomic E-state index is -5.03. The van der Waals surface area contributed by atoms with E-state index in [0.29, 0.717) is 19.4 Å². The van der Waals surface area contributed by atoms with Crippen molar-refractivity contribution in [3.05, 3.63) is 0 Å². The molecule has 0 bridgehead atoms. The molecule has 1 rings (SSSR count). The first-order valence-corrected chi connectivity index (χ1v) is 8.50. The molecule has 1 heterocycles. The van der Waals surface area contributed by atoms with Gasteiger partial charge in [0.15, 0.2) is 5.34 Å². The van der Waals surface area contributed by atoms with Gasteiger partial charge in [-0.3, -0.25) is 9.13 Å². The Balaban J connectivity index is 0. The van der Waals surface area contributed by atoms with Crippen LogP contribution in [0.15, 0.2) is 0 Å². The van der Waals surface area contributed by atoms with E-state index >= 15 is 0 Å². The Labute approximate surface area is 128 Å². The van der Waals surface area contributed by atoms with Crippen LogP contribution in [-0.4, -0.2) is 49.3 Å². The van der Waals surface area contributed by atoms with Gasteiger partial charge in [-0.2, -0.15) is 0 Å². The number of aliphatic hydroxyl groups is 1. The molecule has 0 aliphatic carbocycles. The maximum Gasteiger partial charge on any atom is 1.00 e. The summed E-state index contributed by atoms with van der Waals surface area (Å²) in [5, 5.41) is 10.2. The molecule has 2 unspecified atom stereocenters. The fourth-order valence-electron chi connectivity index (χ4n) is 2.01. The summed E-state index contributed by atoms with van der Waals surface area (Å²) in [6.45, 7) is 0.783. The fourth-order valence-corrected chi connectivity index (χ4v) is 4.86. The molecule has 0 spiro atoms. The second-order valence-electron chi connectivity index (χ2n) is 4.29. The van der Waals surface area contributed by atoms with Crippen LogP contribution in [0.25, 0.3) is 0 Å². The summed E-state index contributed by atoms with van der Waals surface area (Å²) in [6.07, 6.45) is -0.320. The minimum absolute atomic E-state index is 0. The molecule has 6 N–H and O–H groups in total. The topological polar surface area (TPSA) is 147 Å². The summed E-state index contributed by atoms with van der Waals surface area (Å²) >= 11 is 0. The van der Waals surface area contributed by atoms with E-state index in [4.69, 9.17) is 19.6 Å². The molecule has 0 radical (unpaired) electrons. The number of hydrogen-bond acceptors (Lipinski definition) is 4. The third-order valence-corrected chi connectivity index (χ3v) is 5.57. The van der Waals surface area contributed by atoms with Crippen molar-refractivity contribution in [3.63, 3.8) is 0 Å². The summed E-state index contributed by atoms with van der Waals surface area (Å²) in [5.74, 6) is -0.871. The predicted octanol–water partition coefficient (Wildman–Crippen LogP) is -3.85. The first-order valence-electron chi connectivity index (χ1n) is 5.09. The van der Waals surface area contributed by atoms with E-state index in [1.54, 1.807) is 0 Å². The Kier molecular flexibility index (Phi) is 7.24. The first kappa shape index (κ1) is 19.2. The van der Waals surface area contributed by atoms with E-state index in [0.717, 1.165) is 0 Å². The van der Waals surface area contributed by atoms with Crippen LogP contribution in [-0.2, 0) is 9.13 Å². The Bertz CT molecular complexity index is 368. The average Bonchev–Trinajstić information content (AvgIpc) is 2.14. The van der Waals surface area contributed by atoms with Crippen molar-refractivity contribution in [1.82, 2.24) is 5.32 Å². The van der Waals surface area contributed by atoms with E-state index < -0.39 is 32.6 Å². The van der Waals surface area contributed by atoms with Gasteiger partial charge in [0, 0.05) is 12.5 Å². The summed E-state index contributed by atoms with van der Waals surface area (Å²) in [4.78, 5) is 36.0. The monoisotopic (exact) mass is 313 g/mol. The van der Waals surface area contributed by atoms with Gasteiger partial charge < -0.3 is 31.4 Å². The Morgan fingerprint density at radius 3 is 2.17 bits per heavy atom. The third-order valence-electron chi connectivity index (χ3n) is 2.89. The van der Waals surface area contributed by atoms with Gasteiger partial charge in [-0.25, -0.2) is 0 Å². The molecule has 8 nitrogen and oxygen atoms in total. The van der Waals surface area contributed by atoms with E-state index in [1.165, 1.54) is 0 Å². The van der Waals surface area contributed by atoms with Crippen molar-refractivity contribution in [3.8, 4) is 0 Å². The Hall–Kier alpha value is 1.22. The van der Waals surface area contributed by atoms with Crippen LogP contribution < -0.4 is 34.9 Å². The number of nitrogens with one attached hydrogen (secondary N) is 1. The zero-order valence-corrected chi connectivity index (χ0v) is 13.8. The molecule has 11 heteroatoms. The largest absolute Gasteiger partial charge is 1.00 e. The molecule has 1 aliphatic heterocycles. The van der Waals surface area contributed by atoms with Crippen LogP contribution in [0.3, 0.4) is 0 Å². The Morgan fingerprint density at radius 2 is 1.83 bits per heavy atom. The van der Waals surface area contributed by atoms with Crippen molar-refractivity contribution < 1.29 is 64.8 Å². The van der Waals surface area contributed by atoms with Crippen LogP contribution >= 0.6 is 15.2 Å². The molecule has 0 aromatic rings.